The van der Waals surface area contributed by atoms with Gasteiger partial charge in [0.1, 0.15) is 5.82 Å². The van der Waals surface area contributed by atoms with Gasteiger partial charge in [-0.3, -0.25) is 4.79 Å². The fraction of sp³-hybridized carbons (Fsp3) is 0.417. The third kappa shape index (κ3) is 3.22. The number of hydrogen-bond acceptors (Lipinski definition) is 2. The highest BCUT2D eigenvalue weighted by molar-refractivity contribution is 9.10. The van der Waals surface area contributed by atoms with Gasteiger partial charge in [0.2, 0.25) is 0 Å². The molecule has 1 aliphatic carbocycles. The molecule has 1 aromatic rings. The maximum Gasteiger partial charge on any atom is 0.255 e. The van der Waals surface area contributed by atoms with E-state index in [-0.39, 0.29) is 23.5 Å². The lowest BCUT2D eigenvalue weighted by Gasteiger charge is -2.38. The van der Waals surface area contributed by atoms with Gasteiger partial charge in [0.15, 0.2) is 0 Å². The molecule has 2 rings (SSSR count). The fourth-order valence-corrected chi connectivity index (χ4v) is 2.39. The van der Waals surface area contributed by atoms with Gasteiger partial charge in [-0.25, -0.2) is 4.39 Å². The summed E-state index contributed by atoms with van der Waals surface area (Å²) in [6.45, 7) is 0.395. The summed E-state index contributed by atoms with van der Waals surface area (Å²) in [7, 11) is 0. The fourth-order valence-electron chi connectivity index (χ4n) is 1.87. The highest BCUT2D eigenvalue weighted by atomic mass is 79.9. The van der Waals surface area contributed by atoms with E-state index >= 15 is 0 Å². The molecule has 0 heterocycles. The van der Waals surface area contributed by atoms with E-state index in [0.29, 0.717) is 11.0 Å². The Kier molecular flexibility index (Phi) is 5.13. The number of nitrogens with two attached hydrogens (primary N) is 1. The van der Waals surface area contributed by atoms with Crippen LogP contribution in [0.25, 0.3) is 0 Å². The van der Waals surface area contributed by atoms with Gasteiger partial charge >= 0.3 is 0 Å². The summed E-state index contributed by atoms with van der Waals surface area (Å²) < 4.78 is 13.9. The Morgan fingerprint density at radius 3 is 2.67 bits per heavy atom. The Hall–Kier alpha value is -0.650. The Morgan fingerprint density at radius 2 is 2.17 bits per heavy atom. The number of rotatable bonds is 3. The number of amides is 1. The Morgan fingerprint density at radius 1 is 1.50 bits per heavy atom. The number of carbonyl (C=O) groups is 1. The Balaban J connectivity index is 0.00000162. The topological polar surface area (TPSA) is 55.1 Å². The lowest BCUT2D eigenvalue weighted by atomic mass is 9.78. The monoisotopic (exact) mass is 336 g/mol. The lowest BCUT2D eigenvalue weighted by Crippen LogP contribution is -2.55. The van der Waals surface area contributed by atoms with E-state index in [0.717, 1.165) is 19.3 Å². The van der Waals surface area contributed by atoms with Crippen molar-refractivity contribution in [1.29, 1.82) is 0 Å². The molecule has 1 fully saturated rings. The first kappa shape index (κ1) is 15.4. The molecule has 1 aromatic carbocycles. The lowest BCUT2D eigenvalue weighted by molar-refractivity contribution is 0.0925. The third-order valence-corrected chi connectivity index (χ3v) is 3.80. The average molecular weight is 338 g/mol. The molecule has 0 aromatic heterocycles. The molecule has 3 N–H and O–H groups in total. The molecule has 0 bridgehead atoms. The van der Waals surface area contributed by atoms with Gasteiger partial charge in [-0.05, 0) is 47.3 Å². The van der Waals surface area contributed by atoms with Crippen LogP contribution in [0.15, 0.2) is 22.7 Å². The van der Waals surface area contributed by atoms with Crippen molar-refractivity contribution in [3.63, 3.8) is 0 Å². The smallest absolute Gasteiger partial charge is 0.255 e. The molecular formula is C12H15BrClFN2O. The first-order valence-corrected chi connectivity index (χ1v) is 6.32. The summed E-state index contributed by atoms with van der Waals surface area (Å²) in [6.07, 6.45) is 2.91. The zero-order valence-corrected chi connectivity index (χ0v) is 12.1. The molecule has 18 heavy (non-hydrogen) atoms. The van der Waals surface area contributed by atoms with Crippen LogP contribution in [-0.4, -0.2) is 18.0 Å². The Bertz CT molecular complexity index is 431. The summed E-state index contributed by atoms with van der Waals surface area (Å²) in [5, 5.41) is 2.69. The predicted molar refractivity (Wildman–Crippen MR) is 74.5 cm³/mol. The van der Waals surface area contributed by atoms with Crippen LogP contribution in [0.1, 0.15) is 29.6 Å². The molecule has 0 spiro atoms. The summed E-state index contributed by atoms with van der Waals surface area (Å²) in [5.41, 5.74) is 5.72. The average Bonchev–Trinajstić information content (AvgIpc) is 2.23. The van der Waals surface area contributed by atoms with Crippen LogP contribution in [0.3, 0.4) is 0 Å². The predicted octanol–water partition coefficient (Wildman–Crippen LogP) is 2.62. The van der Waals surface area contributed by atoms with E-state index in [1.807, 2.05) is 0 Å². The van der Waals surface area contributed by atoms with E-state index in [1.165, 1.54) is 6.07 Å². The largest absolute Gasteiger partial charge is 0.350 e. The van der Waals surface area contributed by atoms with Crippen molar-refractivity contribution in [3.05, 3.63) is 34.1 Å². The number of nitrogens with one attached hydrogen (secondary N) is 1. The van der Waals surface area contributed by atoms with E-state index in [4.69, 9.17) is 5.73 Å². The van der Waals surface area contributed by atoms with Crippen molar-refractivity contribution in [2.24, 2.45) is 5.73 Å². The second-order valence-electron chi connectivity index (χ2n) is 4.50. The molecule has 0 radical (unpaired) electrons. The summed E-state index contributed by atoms with van der Waals surface area (Å²) in [5.74, 6) is -0.955. The number of benzene rings is 1. The zero-order valence-electron chi connectivity index (χ0n) is 9.71. The second kappa shape index (κ2) is 5.99. The van der Waals surface area contributed by atoms with E-state index in [2.05, 4.69) is 21.2 Å². The highest BCUT2D eigenvalue weighted by Crippen LogP contribution is 2.28. The van der Waals surface area contributed by atoms with E-state index in [1.54, 1.807) is 12.1 Å². The van der Waals surface area contributed by atoms with Gasteiger partial charge in [0.05, 0.1) is 5.56 Å². The van der Waals surface area contributed by atoms with Crippen LogP contribution >= 0.6 is 28.3 Å². The van der Waals surface area contributed by atoms with Gasteiger partial charge in [-0.1, -0.05) is 6.07 Å². The van der Waals surface area contributed by atoms with Gasteiger partial charge in [0.25, 0.3) is 5.91 Å². The molecule has 0 unspecified atom stereocenters. The van der Waals surface area contributed by atoms with Gasteiger partial charge in [-0.15, -0.1) is 12.4 Å². The standard InChI is InChI=1S/C12H14BrFN2O.ClH/c13-8-3-1-4-9(14)10(8)11(17)16-7-12(15)5-2-6-12;/h1,3-4H,2,5-7,15H2,(H,16,17);1H. The molecule has 6 heteroatoms. The van der Waals surface area contributed by atoms with Gasteiger partial charge in [0, 0.05) is 16.6 Å². The Labute approximate surface area is 120 Å². The van der Waals surface area contributed by atoms with Crippen molar-refractivity contribution < 1.29 is 9.18 Å². The van der Waals surface area contributed by atoms with Crippen LogP contribution in [-0.2, 0) is 0 Å². The maximum absolute atomic E-state index is 13.5. The van der Waals surface area contributed by atoms with Crippen LogP contribution in [0.4, 0.5) is 4.39 Å². The first-order valence-electron chi connectivity index (χ1n) is 5.53. The normalized spacial score (nSPS) is 16.4. The van der Waals surface area contributed by atoms with Crippen LogP contribution in [0, 0.1) is 5.82 Å². The van der Waals surface area contributed by atoms with Crippen molar-refractivity contribution in [2.45, 2.75) is 24.8 Å². The molecule has 0 atom stereocenters. The first-order chi connectivity index (χ1) is 8.02. The minimum atomic E-state index is -0.531. The van der Waals surface area contributed by atoms with Crippen molar-refractivity contribution in [3.8, 4) is 0 Å². The highest BCUT2D eigenvalue weighted by Gasteiger charge is 2.33. The quantitative estimate of drug-likeness (QED) is 0.891. The van der Waals surface area contributed by atoms with Crippen molar-refractivity contribution >= 4 is 34.2 Å². The summed E-state index contributed by atoms with van der Waals surface area (Å²) in [4.78, 5) is 11.8. The van der Waals surface area contributed by atoms with Gasteiger partial charge < -0.3 is 11.1 Å². The summed E-state index contributed by atoms with van der Waals surface area (Å²) >= 11 is 3.17. The summed E-state index contributed by atoms with van der Waals surface area (Å²) in [6, 6.07) is 4.45. The minimum absolute atomic E-state index is 0. The molecule has 0 saturated heterocycles. The van der Waals surface area contributed by atoms with Crippen LogP contribution in [0.2, 0.25) is 0 Å². The molecule has 1 saturated carbocycles. The maximum atomic E-state index is 13.5. The van der Waals surface area contributed by atoms with Crippen molar-refractivity contribution in [2.75, 3.05) is 6.54 Å². The number of halogens is 3. The molecule has 3 nitrogen and oxygen atoms in total. The van der Waals surface area contributed by atoms with Crippen LogP contribution < -0.4 is 11.1 Å². The van der Waals surface area contributed by atoms with Crippen molar-refractivity contribution in [1.82, 2.24) is 5.32 Å². The molecule has 100 valence electrons. The molecule has 0 aliphatic heterocycles. The molecular weight excluding hydrogens is 323 g/mol. The number of carbonyl (C=O) groups excluding carboxylic acids is 1. The third-order valence-electron chi connectivity index (χ3n) is 3.14. The second-order valence-corrected chi connectivity index (χ2v) is 5.35. The molecule has 1 amide bonds. The SMILES string of the molecule is Cl.NC1(CNC(=O)c2c(F)cccc2Br)CCC1. The minimum Gasteiger partial charge on any atom is -0.350 e. The molecule has 1 aliphatic rings. The number of hydrogen-bond donors (Lipinski definition) is 2. The van der Waals surface area contributed by atoms with Gasteiger partial charge in [-0.2, -0.15) is 0 Å². The zero-order chi connectivity index (χ0) is 12.5. The van der Waals surface area contributed by atoms with E-state index < -0.39 is 11.7 Å². The van der Waals surface area contributed by atoms with Crippen LogP contribution in [0.5, 0.6) is 0 Å². The van der Waals surface area contributed by atoms with E-state index in [9.17, 15) is 9.18 Å².